The zero-order valence-corrected chi connectivity index (χ0v) is 18.6. The lowest BCUT2D eigenvalue weighted by Crippen LogP contribution is -2.30. The summed E-state index contributed by atoms with van der Waals surface area (Å²) in [6.07, 6.45) is 2.25. The number of ether oxygens (including phenoxy) is 2. The van der Waals surface area contributed by atoms with E-state index >= 15 is 0 Å². The largest absolute Gasteiger partial charge is 0.494 e. The van der Waals surface area contributed by atoms with E-state index in [9.17, 15) is 5.11 Å². The highest BCUT2D eigenvalue weighted by molar-refractivity contribution is 6.07. The molecular weight excluding hydrogens is 400 g/mol. The highest BCUT2D eigenvalue weighted by Crippen LogP contribution is 2.28. The Balaban J connectivity index is 1.10. The molecule has 0 aliphatic carbocycles. The number of H-pyrrole nitrogens is 1. The van der Waals surface area contributed by atoms with Gasteiger partial charge in [-0.25, -0.2) is 0 Å². The smallest absolute Gasteiger partial charge is 0.122 e. The number of benzene rings is 3. The van der Waals surface area contributed by atoms with Crippen molar-refractivity contribution in [2.45, 2.75) is 32.3 Å². The fraction of sp³-hybridized carbons (Fsp3) is 0.333. The van der Waals surface area contributed by atoms with Crippen molar-refractivity contribution in [3.8, 4) is 11.5 Å². The highest BCUT2D eigenvalue weighted by atomic mass is 16.5. The standard InChI is InChI=1S/C27H32N2O3/c1-20-8-2-5-12-27(20)32-17-15-28-19-21(30)9-6-7-16-31-22-13-14-26-24(18-22)23-10-3-4-11-25(23)29-26/h2-5,8,10-14,18,21,28-30H,6-7,9,15-17,19H2,1H3. The van der Waals surface area contributed by atoms with Crippen LogP contribution in [0.4, 0.5) is 0 Å². The second kappa shape index (κ2) is 11.0. The zero-order valence-electron chi connectivity index (χ0n) is 18.6. The van der Waals surface area contributed by atoms with Gasteiger partial charge in [0.05, 0.1) is 12.7 Å². The van der Waals surface area contributed by atoms with Crippen LogP contribution in [0.2, 0.25) is 0 Å². The molecule has 0 spiro atoms. The number of rotatable bonds is 12. The number of unbranched alkanes of at least 4 members (excludes halogenated alkanes) is 1. The summed E-state index contributed by atoms with van der Waals surface area (Å²) in [6, 6.07) is 22.5. The quantitative estimate of drug-likeness (QED) is 0.269. The number of nitrogens with one attached hydrogen (secondary N) is 2. The van der Waals surface area contributed by atoms with Crippen molar-refractivity contribution in [1.82, 2.24) is 10.3 Å². The molecule has 5 nitrogen and oxygen atoms in total. The van der Waals surface area contributed by atoms with Crippen LogP contribution in [-0.2, 0) is 0 Å². The van der Waals surface area contributed by atoms with Gasteiger partial charge in [0.1, 0.15) is 18.1 Å². The van der Waals surface area contributed by atoms with Crippen LogP contribution >= 0.6 is 0 Å². The topological polar surface area (TPSA) is 66.5 Å². The Kier molecular flexibility index (Phi) is 7.64. The van der Waals surface area contributed by atoms with Crippen molar-refractivity contribution >= 4 is 21.8 Å². The Hall–Kier alpha value is -3.02. The van der Waals surface area contributed by atoms with Crippen LogP contribution < -0.4 is 14.8 Å². The maximum absolute atomic E-state index is 10.2. The van der Waals surface area contributed by atoms with E-state index in [1.807, 2.05) is 43.3 Å². The van der Waals surface area contributed by atoms with Crippen LogP contribution in [0.3, 0.4) is 0 Å². The molecule has 1 unspecified atom stereocenters. The Morgan fingerprint density at radius 1 is 0.875 bits per heavy atom. The molecule has 0 radical (unpaired) electrons. The summed E-state index contributed by atoms with van der Waals surface area (Å²) in [7, 11) is 0. The Morgan fingerprint density at radius 3 is 2.59 bits per heavy atom. The monoisotopic (exact) mass is 432 g/mol. The fourth-order valence-corrected chi connectivity index (χ4v) is 3.91. The minimum atomic E-state index is -0.351. The van der Waals surface area contributed by atoms with Crippen LogP contribution in [-0.4, -0.2) is 42.5 Å². The van der Waals surface area contributed by atoms with Crippen LogP contribution in [0.15, 0.2) is 66.7 Å². The molecule has 0 fully saturated rings. The molecule has 168 valence electrons. The van der Waals surface area contributed by atoms with Gasteiger partial charge < -0.3 is 24.9 Å². The molecule has 0 bridgehead atoms. The zero-order chi connectivity index (χ0) is 22.2. The van der Waals surface area contributed by atoms with Crippen molar-refractivity contribution in [3.05, 3.63) is 72.3 Å². The molecule has 5 heteroatoms. The van der Waals surface area contributed by atoms with Crippen LogP contribution in [0.5, 0.6) is 11.5 Å². The predicted octanol–water partition coefficient (Wildman–Crippen LogP) is 5.21. The number of aliphatic hydroxyl groups is 1. The van der Waals surface area contributed by atoms with Gasteiger partial charge in [-0.1, -0.05) is 36.4 Å². The van der Waals surface area contributed by atoms with E-state index in [1.165, 1.54) is 10.8 Å². The van der Waals surface area contributed by atoms with Crippen molar-refractivity contribution in [2.24, 2.45) is 0 Å². The highest BCUT2D eigenvalue weighted by Gasteiger charge is 2.06. The van der Waals surface area contributed by atoms with E-state index in [2.05, 4.69) is 40.6 Å². The minimum absolute atomic E-state index is 0.351. The first-order valence-corrected chi connectivity index (χ1v) is 11.4. The first-order chi connectivity index (χ1) is 15.7. The summed E-state index contributed by atoms with van der Waals surface area (Å²) in [5.74, 6) is 1.80. The van der Waals surface area contributed by atoms with Gasteiger partial charge in [-0.2, -0.15) is 0 Å². The lowest BCUT2D eigenvalue weighted by Gasteiger charge is -2.13. The maximum atomic E-state index is 10.2. The number of para-hydroxylation sites is 2. The summed E-state index contributed by atoms with van der Waals surface area (Å²) in [4.78, 5) is 3.43. The SMILES string of the molecule is Cc1ccccc1OCCNCC(O)CCCCOc1ccc2[nH]c3ccccc3c2c1. The first kappa shape index (κ1) is 22.2. The van der Waals surface area contributed by atoms with E-state index in [1.54, 1.807) is 0 Å². The molecule has 0 aliphatic rings. The summed E-state index contributed by atoms with van der Waals surface area (Å²) >= 11 is 0. The minimum Gasteiger partial charge on any atom is -0.494 e. The van der Waals surface area contributed by atoms with Crippen molar-refractivity contribution in [3.63, 3.8) is 0 Å². The third-order valence-electron chi connectivity index (χ3n) is 5.69. The molecule has 0 amide bonds. The summed E-state index contributed by atoms with van der Waals surface area (Å²) < 4.78 is 11.7. The molecule has 3 aromatic carbocycles. The number of aliphatic hydroxyl groups excluding tert-OH is 1. The van der Waals surface area contributed by atoms with Gasteiger partial charge in [0, 0.05) is 34.9 Å². The van der Waals surface area contributed by atoms with E-state index in [0.29, 0.717) is 26.3 Å². The molecule has 3 N–H and O–H groups in total. The molecule has 1 aromatic heterocycles. The van der Waals surface area contributed by atoms with E-state index < -0.39 is 0 Å². The van der Waals surface area contributed by atoms with Crippen LogP contribution in [0, 0.1) is 6.92 Å². The second-order valence-electron chi connectivity index (χ2n) is 8.19. The number of aromatic nitrogens is 1. The first-order valence-electron chi connectivity index (χ1n) is 11.4. The van der Waals surface area contributed by atoms with Crippen molar-refractivity contribution in [1.29, 1.82) is 0 Å². The molecule has 0 saturated heterocycles. The normalized spacial score (nSPS) is 12.3. The fourth-order valence-electron chi connectivity index (χ4n) is 3.91. The third-order valence-corrected chi connectivity index (χ3v) is 5.69. The Bertz CT molecular complexity index is 1140. The molecule has 32 heavy (non-hydrogen) atoms. The lowest BCUT2D eigenvalue weighted by atomic mass is 10.1. The predicted molar refractivity (Wildman–Crippen MR) is 131 cm³/mol. The van der Waals surface area contributed by atoms with E-state index in [0.717, 1.165) is 47.4 Å². The summed E-state index contributed by atoms with van der Waals surface area (Å²) in [5, 5.41) is 15.8. The number of hydrogen-bond acceptors (Lipinski definition) is 4. The number of hydrogen-bond donors (Lipinski definition) is 3. The Morgan fingerprint density at radius 2 is 1.69 bits per heavy atom. The second-order valence-corrected chi connectivity index (χ2v) is 8.19. The molecule has 0 saturated carbocycles. The van der Waals surface area contributed by atoms with Gasteiger partial charge in [0.25, 0.3) is 0 Å². The van der Waals surface area contributed by atoms with Crippen LogP contribution in [0.25, 0.3) is 21.8 Å². The average Bonchev–Trinajstić information content (AvgIpc) is 3.18. The average molecular weight is 433 g/mol. The Labute approximate surface area is 189 Å². The lowest BCUT2D eigenvalue weighted by molar-refractivity contribution is 0.153. The number of aromatic amines is 1. The summed E-state index contributed by atoms with van der Waals surface area (Å²) in [5.41, 5.74) is 3.40. The van der Waals surface area contributed by atoms with Gasteiger partial charge >= 0.3 is 0 Å². The van der Waals surface area contributed by atoms with Crippen molar-refractivity contribution < 1.29 is 14.6 Å². The molecule has 4 aromatic rings. The van der Waals surface area contributed by atoms with Gasteiger partial charge in [-0.3, -0.25) is 0 Å². The number of fused-ring (bicyclic) bond motifs is 3. The molecular formula is C27H32N2O3. The van der Waals surface area contributed by atoms with Crippen LogP contribution in [0.1, 0.15) is 24.8 Å². The summed E-state index contributed by atoms with van der Waals surface area (Å²) in [6.45, 7) is 4.57. The van der Waals surface area contributed by atoms with E-state index in [-0.39, 0.29) is 6.10 Å². The van der Waals surface area contributed by atoms with Gasteiger partial charge in [0.15, 0.2) is 0 Å². The maximum Gasteiger partial charge on any atom is 0.122 e. The third kappa shape index (κ3) is 5.81. The van der Waals surface area contributed by atoms with Gasteiger partial charge in [0.2, 0.25) is 0 Å². The molecule has 1 heterocycles. The molecule has 1 atom stereocenters. The molecule has 4 rings (SSSR count). The van der Waals surface area contributed by atoms with Gasteiger partial charge in [-0.15, -0.1) is 0 Å². The number of aryl methyl sites for hydroxylation is 1. The van der Waals surface area contributed by atoms with E-state index in [4.69, 9.17) is 9.47 Å². The van der Waals surface area contributed by atoms with Gasteiger partial charge in [-0.05, 0) is 62.1 Å². The molecule has 0 aliphatic heterocycles. The van der Waals surface area contributed by atoms with Crippen molar-refractivity contribution in [2.75, 3.05) is 26.3 Å².